The lowest BCUT2D eigenvalue weighted by Crippen LogP contribution is -2.32. The van der Waals surface area contributed by atoms with Crippen molar-refractivity contribution >= 4 is 12.0 Å². The highest BCUT2D eigenvalue weighted by Crippen LogP contribution is 2.33. The second-order valence-corrected chi connectivity index (χ2v) is 5.27. The number of benzene rings is 1. The highest BCUT2D eigenvalue weighted by atomic mass is 19.3. The number of nitrogens with one attached hydrogen (secondary N) is 1. The van der Waals surface area contributed by atoms with E-state index >= 15 is 0 Å². The molecule has 1 saturated heterocycles. The smallest absolute Gasteiger partial charge is 0.387 e. The molecule has 8 heteroatoms. The zero-order chi connectivity index (χ0) is 18.2. The fourth-order valence-corrected chi connectivity index (χ4v) is 2.43. The third-order valence-corrected chi connectivity index (χ3v) is 3.62. The lowest BCUT2D eigenvalue weighted by molar-refractivity contribution is -0.117. The van der Waals surface area contributed by atoms with E-state index in [1.54, 1.807) is 12.1 Å². The van der Waals surface area contributed by atoms with Crippen molar-refractivity contribution < 1.29 is 27.8 Å². The summed E-state index contributed by atoms with van der Waals surface area (Å²) in [4.78, 5) is 12.1. The number of alkyl halides is 2. The van der Waals surface area contributed by atoms with Gasteiger partial charge in [0.2, 0.25) is 0 Å². The molecule has 2 rings (SSSR count). The first kappa shape index (κ1) is 18.7. The van der Waals surface area contributed by atoms with Crippen LogP contribution in [0.4, 0.5) is 8.78 Å². The van der Waals surface area contributed by atoms with E-state index in [1.807, 2.05) is 0 Å². The van der Waals surface area contributed by atoms with Crippen molar-refractivity contribution in [2.45, 2.75) is 25.6 Å². The Balaban J connectivity index is 2.20. The monoisotopic (exact) mass is 352 g/mol. The maximum atomic E-state index is 12.6. The van der Waals surface area contributed by atoms with Crippen molar-refractivity contribution in [1.29, 1.82) is 5.26 Å². The van der Waals surface area contributed by atoms with Gasteiger partial charge in [0.1, 0.15) is 11.6 Å². The Kier molecular flexibility index (Phi) is 6.71. The Morgan fingerprint density at radius 2 is 2.36 bits per heavy atom. The van der Waals surface area contributed by atoms with Gasteiger partial charge in [-0.2, -0.15) is 14.0 Å². The van der Waals surface area contributed by atoms with Crippen LogP contribution in [0.3, 0.4) is 0 Å². The van der Waals surface area contributed by atoms with Gasteiger partial charge in [-0.05, 0) is 25.0 Å². The minimum Gasteiger partial charge on any atom is -0.493 e. The van der Waals surface area contributed by atoms with Crippen LogP contribution >= 0.6 is 0 Å². The first-order valence-electron chi connectivity index (χ1n) is 7.68. The van der Waals surface area contributed by atoms with Gasteiger partial charge in [0.05, 0.1) is 13.2 Å². The van der Waals surface area contributed by atoms with E-state index in [2.05, 4.69) is 10.1 Å². The molecule has 1 aromatic carbocycles. The van der Waals surface area contributed by atoms with Crippen LogP contribution in [0.25, 0.3) is 6.08 Å². The number of rotatable bonds is 7. The molecule has 0 aliphatic carbocycles. The van der Waals surface area contributed by atoms with Crippen LogP contribution in [0.1, 0.15) is 18.4 Å². The molecule has 0 saturated carbocycles. The van der Waals surface area contributed by atoms with Crippen LogP contribution in [0.5, 0.6) is 11.5 Å². The van der Waals surface area contributed by atoms with Gasteiger partial charge >= 0.3 is 6.61 Å². The van der Waals surface area contributed by atoms with E-state index in [4.69, 9.17) is 9.47 Å². The lowest BCUT2D eigenvalue weighted by atomic mass is 10.1. The van der Waals surface area contributed by atoms with Crippen molar-refractivity contribution in [1.82, 2.24) is 5.32 Å². The standard InChI is InChI=1S/C17H18F2N2O4/c1-23-14-6-2-4-11(15(14)25-17(18)19)8-12(9-20)16(22)21-10-13-5-3-7-24-13/h2,4,6,8,13,17H,3,5,7,10H2,1H3,(H,21,22)/b12-8+/t13-/m0/s1. The average Bonchev–Trinajstić information content (AvgIpc) is 3.11. The van der Waals surface area contributed by atoms with Crippen LogP contribution in [0.15, 0.2) is 23.8 Å². The first-order valence-corrected chi connectivity index (χ1v) is 7.68. The third kappa shape index (κ3) is 5.16. The van der Waals surface area contributed by atoms with Crippen molar-refractivity contribution in [2.75, 3.05) is 20.3 Å². The SMILES string of the molecule is COc1cccc(/C=C(\C#N)C(=O)NC[C@@H]2CCCO2)c1OC(F)F. The van der Waals surface area contributed by atoms with Crippen molar-refractivity contribution in [3.05, 3.63) is 29.3 Å². The number of amides is 1. The predicted molar refractivity (Wildman–Crippen MR) is 85.2 cm³/mol. The quantitative estimate of drug-likeness (QED) is 0.602. The number of halogens is 2. The summed E-state index contributed by atoms with van der Waals surface area (Å²) >= 11 is 0. The molecule has 1 aliphatic heterocycles. The number of nitriles is 1. The molecule has 0 bridgehead atoms. The van der Waals surface area contributed by atoms with E-state index in [-0.39, 0.29) is 35.3 Å². The maximum absolute atomic E-state index is 12.6. The molecule has 1 aliphatic rings. The molecule has 1 amide bonds. The second-order valence-electron chi connectivity index (χ2n) is 5.27. The summed E-state index contributed by atoms with van der Waals surface area (Å²) in [7, 11) is 1.31. The number of ether oxygens (including phenoxy) is 3. The van der Waals surface area contributed by atoms with E-state index in [0.717, 1.165) is 12.8 Å². The molecule has 0 aromatic heterocycles. The van der Waals surface area contributed by atoms with E-state index in [0.29, 0.717) is 6.61 Å². The molecule has 1 aromatic rings. The Morgan fingerprint density at radius 3 is 2.96 bits per heavy atom. The normalized spacial score (nSPS) is 17.2. The zero-order valence-corrected chi connectivity index (χ0v) is 13.6. The summed E-state index contributed by atoms with van der Waals surface area (Å²) in [6.45, 7) is -2.13. The molecule has 1 heterocycles. The molecule has 1 N–H and O–H groups in total. The summed E-state index contributed by atoms with van der Waals surface area (Å²) in [6.07, 6.45) is 2.89. The Hall–Kier alpha value is -2.66. The Labute approximate surface area is 144 Å². The van der Waals surface area contributed by atoms with Gasteiger partial charge in [0, 0.05) is 18.7 Å². The van der Waals surface area contributed by atoms with Crippen LogP contribution in [-0.2, 0) is 9.53 Å². The largest absolute Gasteiger partial charge is 0.493 e. The van der Waals surface area contributed by atoms with Gasteiger partial charge in [0.15, 0.2) is 11.5 Å². The zero-order valence-electron chi connectivity index (χ0n) is 13.6. The van der Waals surface area contributed by atoms with Crippen LogP contribution < -0.4 is 14.8 Å². The average molecular weight is 352 g/mol. The number of hydrogen-bond donors (Lipinski definition) is 1. The minimum absolute atomic E-state index is 0.0709. The molecule has 0 unspecified atom stereocenters. The maximum Gasteiger partial charge on any atom is 0.387 e. The van der Waals surface area contributed by atoms with Crippen LogP contribution in [0.2, 0.25) is 0 Å². The van der Waals surface area contributed by atoms with Gasteiger partial charge in [-0.25, -0.2) is 0 Å². The highest BCUT2D eigenvalue weighted by Gasteiger charge is 2.19. The van der Waals surface area contributed by atoms with Crippen LogP contribution in [0, 0.1) is 11.3 Å². The number of para-hydroxylation sites is 1. The van der Waals surface area contributed by atoms with Crippen molar-refractivity contribution in [3.8, 4) is 17.6 Å². The minimum atomic E-state index is -3.07. The van der Waals surface area contributed by atoms with Gasteiger partial charge in [-0.3, -0.25) is 4.79 Å². The van der Waals surface area contributed by atoms with Crippen molar-refractivity contribution in [3.63, 3.8) is 0 Å². The van der Waals surface area contributed by atoms with Gasteiger partial charge in [-0.15, -0.1) is 0 Å². The summed E-state index contributed by atoms with van der Waals surface area (Å²) < 4.78 is 40.1. The number of carbonyl (C=O) groups excluding carboxylic acids is 1. The Morgan fingerprint density at radius 1 is 1.56 bits per heavy atom. The fourth-order valence-electron chi connectivity index (χ4n) is 2.43. The molecule has 134 valence electrons. The topological polar surface area (TPSA) is 80.6 Å². The predicted octanol–water partition coefficient (Wildman–Crippen LogP) is 2.50. The highest BCUT2D eigenvalue weighted by molar-refractivity contribution is 6.02. The van der Waals surface area contributed by atoms with Crippen molar-refractivity contribution in [2.24, 2.45) is 0 Å². The summed E-state index contributed by atoms with van der Waals surface area (Å²) in [5, 5.41) is 11.8. The summed E-state index contributed by atoms with van der Waals surface area (Å²) in [5.74, 6) is -0.769. The fraction of sp³-hybridized carbons (Fsp3) is 0.412. The van der Waals surface area contributed by atoms with E-state index < -0.39 is 12.5 Å². The molecule has 1 fully saturated rings. The van der Waals surface area contributed by atoms with Crippen LogP contribution in [-0.4, -0.2) is 38.9 Å². The summed E-state index contributed by atoms with van der Waals surface area (Å²) in [5.41, 5.74) is -0.0890. The molecule has 25 heavy (non-hydrogen) atoms. The van der Waals surface area contributed by atoms with Gasteiger partial charge < -0.3 is 19.5 Å². The third-order valence-electron chi connectivity index (χ3n) is 3.62. The van der Waals surface area contributed by atoms with Gasteiger partial charge in [-0.1, -0.05) is 12.1 Å². The Bertz CT molecular complexity index is 680. The molecule has 0 radical (unpaired) electrons. The van der Waals surface area contributed by atoms with E-state index in [9.17, 15) is 18.8 Å². The molecule has 6 nitrogen and oxygen atoms in total. The number of carbonyl (C=O) groups is 1. The molecule has 1 atom stereocenters. The number of methoxy groups -OCH3 is 1. The van der Waals surface area contributed by atoms with Gasteiger partial charge in [0.25, 0.3) is 5.91 Å². The molecule has 0 spiro atoms. The van der Waals surface area contributed by atoms with E-state index in [1.165, 1.54) is 25.3 Å². The number of hydrogen-bond acceptors (Lipinski definition) is 5. The summed E-state index contributed by atoms with van der Waals surface area (Å²) in [6, 6.07) is 6.20. The molecular weight excluding hydrogens is 334 g/mol. The number of nitrogens with zero attached hydrogens (tertiary/aromatic N) is 1. The second kappa shape index (κ2) is 8.99. The lowest BCUT2D eigenvalue weighted by Gasteiger charge is -2.13. The molecular formula is C17H18F2N2O4. The first-order chi connectivity index (χ1) is 12.0.